The number of aryl methyl sites for hydroxylation is 5. The van der Waals surface area contributed by atoms with E-state index in [1.165, 1.54) is 0 Å². The Bertz CT molecular complexity index is 2090. The largest absolute Gasteiger partial charge is 0.481 e. The Morgan fingerprint density at radius 3 is 1.67 bits per heavy atom. The van der Waals surface area contributed by atoms with Crippen LogP contribution in [0.25, 0.3) is 50.3 Å². The summed E-state index contributed by atoms with van der Waals surface area (Å²) < 4.78 is 0.903. The van der Waals surface area contributed by atoms with Gasteiger partial charge in [-0.05, 0) is 80.5 Å². The highest BCUT2D eigenvalue weighted by atomic mass is 16.4. The number of H-pyrrole nitrogens is 3. The van der Waals surface area contributed by atoms with Crippen LogP contribution < -0.4 is 4.43 Å². The first-order valence-electron chi connectivity index (χ1n) is 14.1. The van der Waals surface area contributed by atoms with Gasteiger partial charge in [-0.3, -0.25) is 9.59 Å². The maximum absolute atomic E-state index is 13.8. The molecule has 0 aliphatic carbocycles. The third-order valence-electron chi connectivity index (χ3n) is 8.50. The van der Waals surface area contributed by atoms with Gasteiger partial charge in [0.15, 0.2) is 0 Å². The van der Waals surface area contributed by atoms with Crippen LogP contribution in [0.3, 0.4) is 0 Å². The summed E-state index contributed by atoms with van der Waals surface area (Å²) in [4.78, 5) is 47.2. The number of carbonyl (C=O) groups is 2. The van der Waals surface area contributed by atoms with Crippen LogP contribution in [0, 0.1) is 25.7 Å². The van der Waals surface area contributed by atoms with Crippen LogP contribution in [-0.2, 0) is 22.4 Å². The summed E-state index contributed by atoms with van der Waals surface area (Å²) in [6.45, 7) is 15.7. The number of hydrogen-bond donors (Lipinski definition) is 5. The van der Waals surface area contributed by atoms with E-state index in [0.29, 0.717) is 28.8 Å². The number of carboxylic acids is 2. The lowest BCUT2D eigenvalue weighted by Crippen LogP contribution is -2.18. The van der Waals surface area contributed by atoms with E-state index >= 15 is 0 Å². The van der Waals surface area contributed by atoms with Gasteiger partial charge in [0, 0.05) is 74.1 Å². The van der Waals surface area contributed by atoms with Gasteiger partial charge in [0.25, 0.3) is 11.4 Å². The summed E-state index contributed by atoms with van der Waals surface area (Å²) >= 11 is 0. The second kappa shape index (κ2) is 11.2. The molecule has 43 heavy (non-hydrogen) atoms. The summed E-state index contributed by atoms with van der Waals surface area (Å²) in [7, 11) is 0. The molecule has 1 aliphatic rings. The molecule has 0 saturated heterocycles. The van der Waals surface area contributed by atoms with E-state index in [4.69, 9.17) is 0 Å². The van der Waals surface area contributed by atoms with Gasteiger partial charge in [0.1, 0.15) is 0 Å². The number of carboxylic acid groups (broad SMARTS) is 2. The molecule has 0 spiro atoms. The standard InChI is InChI=1S/C34H34N4O5/c1-7-21-17(3)27-16-32-22(8-2)20(6)31(38(32)43)15-26-19(5)24(10-12-34(41)42)30(37-26)14-29-23(9-11-33(39)40)18(4)25(35-29)13-28(21)36-27/h7-8,13-16H,1-2,9-12H2,3-6H3,(H4-,35,36,37,39,40,41,42,43)/p+1. The number of nitrogens with one attached hydrogen (secondary N) is 3. The van der Waals surface area contributed by atoms with Gasteiger partial charge in [-0.15, -0.1) is 0 Å². The van der Waals surface area contributed by atoms with Crippen molar-refractivity contribution in [2.75, 3.05) is 0 Å². The van der Waals surface area contributed by atoms with Crippen LogP contribution in [0.2, 0.25) is 0 Å². The van der Waals surface area contributed by atoms with Crippen LogP contribution >= 0.6 is 0 Å². The molecule has 0 amide bonds. The first-order chi connectivity index (χ1) is 20.4. The van der Waals surface area contributed by atoms with Gasteiger partial charge in [-0.1, -0.05) is 25.3 Å². The van der Waals surface area contributed by atoms with Gasteiger partial charge in [0.2, 0.25) is 0 Å². The molecule has 220 valence electrons. The third-order valence-corrected chi connectivity index (χ3v) is 8.50. The number of aromatic amines is 3. The topological polar surface area (TPSA) is 145 Å². The Labute approximate surface area is 247 Å². The minimum atomic E-state index is -0.913. The lowest BCUT2D eigenvalue weighted by Gasteiger charge is -2.00. The van der Waals surface area contributed by atoms with Crippen molar-refractivity contribution in [1.82, 2.24) is 15.0 Å². The van der Waals surface area contributed by atoms with E-state index in [9.17, 15) is 24.7 Å². The Morgan fingerprint density at radius 1 is 0.698 bits per heavy atom. The lowest BCUT2D eigenvalue weighted by atomic mass is 10.0. The number of nitrogens with zero attached hydrogens (tertiary/aromatic N) is 1. The predicted molar refractivity (Wildman–Crippen MR) is 171 cm³/mol. The van der Waals surface area contributed by atoms with E-state index in [2.05, 4.69) is 28.1 Å². The van der Waals surface area contributed by atoms with Crippen molar-refractivity contribution in [3.8, 4) is 0 Å². The summed E-state index contributed by atoms with van der Waals surface area (Å²) in [5.41, 5.74) is 12.1. The molecule has 0 atom stereocenters. The molecular formula is C34H35N4O5+. The molecule has 0 unspecified atom stereocenters. The van der Waals surface area contributed by atoms with Crippen molar-refractivity contribution in [1.29, 1.82) is 0 Å². The SMILES string of the molecule is C=CC1=C(C)c2cc3[nH]c(cc4[nH]c(cc5[nH]c(cc1[n+]2=O)c(C)c5C=C)c(C)c4CCC(=O)O)c(CCC(=O)O)c3C. The molecule has 0 fully saturated rings. The number of rotatable bonds is 8. The summed E-state index contributed by atoms with van der Waals surface area (Å²) in [6.07, 6.45) is 3.94. The molecule has 0 saturated carbocycles. The number of hydrogen-bond acceptors (Lipinski definition) is 3. The van der Waals surface area contributed by atoms with Crippen LogP contribution in [0.5, 0.6) is 0 Å². The van der Waals surface area contributed by atoms with Crippen LogP contribution in [-0.4, -0.2) is 37.1 Å². The molecule has 0 radical (unpaired) electrons. The predicted octanol–water partition coefficient (Wildman–Crippen LogP) is 6.76. The fourth-order valence-electron chi connectivity index (χ4n) is 6.02. The number of aliphatic carboxylic acids is 2. The number of aromatic nitrogens is 4. The third kappa shape index (κ3) is 5.18. The van der Waals surface area contributed by atoms with Gasteiger partial charge >= 0.3 is 11.9 Å². The first kappa shape index (κ1) is 29.3. The summed E-state index contributed by atoms with van der Waals surface area (Å²) in [5.74, 6) is -1.81. The summed E-state index contributed by atoms with van der Waals surface area (Å²) in [6, 6.07) is 7.49. The second-order valence-corrected chi connectivity index (χ2v) is 11.0. The van der Waals surface area contributed by atoms with Crippen molar-refractivity contribution < 1.29 is 24.2 Å². The second-order valence-electron chi connectivity index (χ2n) is 11.0. The van der Waals surface area contributed by atoms with E-state index in [1.807, 2.05) is 45.9 Å². The van der Waals surface area contributed by atoms with E-state index in [1.54, 1.807) is 18.2 Å². The number of allylic oxidation sites excluding steroid dienone is 3. The molecule has 4 aromatic rings. The van der Waals surface area contributed by atoms with Crippen molar-refractivity contribution in [2.24, 2.45) is 0 Å². The monoisotopic (exact) mass is 579 g/mol. The smallest absolute Gasteiger partial charge is 0.303 e. The van der Waals surface area contributed by atoms with Crippen molar-refractivity contribution in [2.45, 2.75) is 53.4 Å². The highest BCUT2D eigenvalue weighted by molar-refractivity contribution is 5.95. The first-order valence-corrected chi connectivity index (χ1v) is 14.1. The Kier molecular flexibility index (Phi) is 7.67. The van der Waals surface area contributed by atoms with Crippen molar-refractivity contribution in [3.63, 3.8) is 0 Å². The van der Waals surface area contributed by atoms with E-state index in [0.717, 1.165) is 71.0 Å². The molecule has 4 aromatic heterocycles. The van der Waals surface area contributed by atoms with Gasteiger partial charge < -0.3 is 25.2 Å². The average molecular weight is 580 g/mol. The van der Waals surface area contributed by atoms with Crippen LogP contribution in [0.15, 0.2) is 43.5 Å². The maximum Gasteiger partial charge on any atom is 0.303 e. The normalized spacial score (nSPS) is 12.2. The fraction of sp³-hybridized carbons (Fsp3) is 0.235. The molecule has 8 bridgehead atoms. The maximum atomic E-state index is 13.8. The fourth-order valence-corrected chi connectivity index (χ4v) is 6.02. The molecule has 1 aliphatic heterocycles. The lowest BCUT2D eigenvalue weighted by molar-refractivity contribution is -0.496. The van der Waals surface area contributed by atoms with Crippen LogP contribution in [0.4, 0.5) is 0 Å². The molecule has 9 heteroatoms. The molecule has 5 heterocycles. The minimum absolute atomic E-state index is 0.0419. The molecule has 9 nitrogen and oxygen atoms in total. The van der Waals surface area contributed by atoms with Gasteiger partial charge in [-0.2, -0.15) is 0 Å². The Morgan fingerprint density at radius 2 is 1.16 bits per heavy atom. The average Bonchev–Trinajstić information content (AvgIpc) is 3.59. The zero-order valence-electron chi connectivity index (χ0n) is 24.8. The molecule has 5 rings (SSSR count). The molecule has 0 aromatic carbocycles. The highest BCUT2D eigenvalue weighted by Crippen LogP contribution is 2.32. The minimum Gasteiger partial charge on any atom is -0.481 e. The molecular weight excluding hydrogens is 544 g/mol. The molecule has 5 N–H and O–H groups in total. The Balaban J connectivity index is 2.02. The summed E-state index contributed by atoms with van der Waals surface area (Å²) in [5, 5.41) is 18.9. The van der Waals surface area contributed by atoms with Crippen molar-refractivity contribution >= 4 is 62.3 Å². The van der Waals surface area contributed by atoms with E-state index in [-0.39, 0.29) is 19.3 Å². The highest BCUT2D eigenvalue weighted by Gasteiger charge is 2.29. The Hall–Kier alpha value is -5.18. The van der Waals surface area contributed by atoms with Gasteiger partial charge in [0.05, 0.1) is 10.0 Å². The quantitative estimate of drug-likeness (QED) is 0.146. The zero-order chi connectivity index (χ0) is 31.2. The number of fused-ring (bicyclic) bond motifs is 8. The van der Waals surface area contributed by atoms with Gasteiger partial charge in [-0.25, -0.2) is 0 Å². The van der Waals surface area contributed by atoms with Crippen molar-refractivity contribution in [3.05, 3.63) is 93.2 Å². The van der Waals surface area contributed by atoms with Crippen LogP contribution in [0.1, 0.15) is 64.5 Å². The zero-order valence-corrected chi connectivity index (χ0v) is 24.8. The van der Waals surface area contributed by atoms with E-state index < -0.39 is 11.9 Å².